The molecule has 0 radical (unpaired) electrons. The van der Waals surface area contributed by atoms with E-state index in [1.807, 2.05) is 30.7 Å². The summed E-state index contributed by atoms with van der Waals surface area (Å²) >= 11 is 5.60. The second kappa shape index (κ2) is 5.55. The van der Waals surface area contributed by atoms with Crippen molar-refractivity contribution in [2.24, 2.45) is 7.05 Å². The Hall–Kier alpha value is -1.37. The quantitative estimate of drug-likeness (QED) is 0.942. The number of rotatable bonds is 4. The van der Waals surface area contributed by atoms with Gasteiger partial charge in [0.1, 0.15) is 10.7 Å². The predicted molar refractivity (Wildman–Crippen MR) is 75.6 cm³/mol. The summed E-state index contributed by atoms with van der Waals surface area (Å²) in [6.07, 6.45) is 0. The number of aryl methyl sites for hydroxylation is 1. The maximum atomic E-state index is 13.6. The van der Waals surface area contributed by atoms with Gasteiger partial charge in [-0.3, -0.25) is 0 Å². The average molecular weight is 317 g/mol. The molecule has 20 heavy (non-hydrogen) atoms. The first-order valence-electron chi connectivity index (χ1n) is 5.87. The van der Waals surface area contributed by atoms with Crippen LogP contribution in [0.15, 0.2) is 35.2 Å². The highest BCUT2D eigenvalue weighted by Gasteiger charge is 2.19. The zero-order chi connectivity index (χ0) is 14.9. The van der Waals surface area contributed by atoms with Gasteiger partial charge in [-0.2, -0.15) is 0 Å². The molecule has 0 saturated carbocycles. The van der Waals surface area contributed by atoms with Crippen LogP contribution in [0.2, 0.25) is 5.02 Å². The van der Waals surface area contributed by atoms with Gasteiger partial charge in [-0.1, -0.05) is 11.6 Å². The third kappa shape index (κ3) is 3.03. The Kier molecular flexibility index (Phi) is 4.17. The van der Waals surface area contributed by atoms with Crippen molar-refractivity contribution in [2.45, 2.75) is 18.4 Å². The summed E-state index contributed by atoms with van der Waals surface area (Å²) in [5.74, 6) is -0.868. The van der Waals surface area contributed by atoms with Crippen LogP contribution in [0.3, 0.4) is 0 Å². The number of sulfonamides is 1. The number of halogens is 2. The molecule has 7 heteroatoms. The monoisotopic (exact) mass is 316 g/mol. The van der Waals surface area contributed by atoms with E-state index in [4.69, 9.17) is 11.6 Å². The molecule has 1 heterocycles. The highest BCUT2D eigenvalue weighted by Crippen LogP contribution is 2.19. The van der Waals surface area contributed by atoms with Gasteiger partial charge in [-0.25, -0.2) is 17.5 Å². The van der Waals surface area contributed by atoms with E-state index in [0.717, 1.165) is 23.5 Å². The van der Waals surface area contributed by atoms with Crippen molar-refractivity contribution >= 4 is 21.6 Å². The first-order valence-corrected chi connectivity index (χ1v) is 7.73. The average Bonchev–Trinajstić information content (AvgIpc) is 2.67. The maximum Gasteiger partial charge on any atom is 0.243 e. The third-order valence-corrected chi connectivity index (χ3v) is 4.77. The van der Waals surface area contributed by atoms with E-state index < -0.39 is 20.7 Å². The SMILES string of the molecule is Cc1ccc(CNS(=O)(=O)c2ccc(Cl)cc2F)n1C. The molecule has 4 nitrogen and oxygen atoms in total. The van der Waals surface area contributed by atoms with E-state index in [1.165, 1.54) is 6.07 Å². The van der Waals surface area contributed by atoms with Crippen LogP contribution in [0, 0.1) is 12.7 Å². The molecule has 2 aromatic rings. The maximum absolute atomic E-state index is 13.6. The van der Waals surface area contributed by atoms with Crippen LogP contribution in [0.25, 0.3) is 0 Å². The van der Waals surface area contributed by atoms with E-state index in [2.05, 4.69) is 4.72 Å². The van der Waals surface area contributed by atoms with Gasteiger partial charge in [-0.05, 0) is 37.3 Å². The molecule has 108 valence electrons. The summed E-state index contributed by atoms with van der Waals surface area (Å²) < 4.78 is 42.0. The topological polar surface area (TPSA) is 51.1 Å². The molecular formula is C13H14ClFN2O2S. The molecule has 1 N–H and O–H groups in total. The zero-order valence-electron chi connectivity index (χ0n) is 11.0. The van der Waals surface area contributed by atoms with Crippen LogP contribution in [0.1, 0.15) is 11.4 Å². The van der Waals surface area contributed by atoms with Crippen LogP contribution < -0.4 is 4.72 Å². The summed E-state index contributed by atoms with van der Waals surface area (Å²) in [6.45, 7) is 2.01. The van der Waals surface area contributed by atoms with Gasteiger partial charge < -0.3 is 4.57 Å². The highest BCUT2D eigenvalue weighted by atomic mass is 35.5. The summed E-state index contributed by atoms with van der Waals surface area (Å²) in [7, 11) is -2.08. The minimum atomic E-state index is -3.91. The Bertz CT molecular complexity index is 741. The Labute approximate surface area is 122 Å². The fourth-order valence-electron chi connectivity index (χ4n) is 1.78. The van der Waals surface area contributed by atoms with Crippen molar-refractivity contribution in [1.82, 2.24) is 9.29 Å². The van der Waals surface area contributed by atoms with Crippen molar-refractivity contribution in [3.05, 3.63) is 52.6 Å². The van der Waals surface area contributed by atoms with Crippen molar-refractivity contribution in [3.8, 4) is 0 Å². The summed E-state index contributed by atoms with van der Waals surface area (Å²) in [4.78, 5) is -0.409. The van der Waals surface area contributed by atoms with Crippen LogP contribution in [0.4, 0.5) is 4.39 Å². The van der Waals surface area contributed by atoms with Crippen LogP contribution in [-0.4, -0.2) is 13.0 Å². The molecule has 0 spiro atoms. The van der Waals surface area contributed by atoms with Crippen LogP contribution >= 0.6 is 11.6 Å². The van der Waals surface area contributed by atoms with Crippen molar-refractivity contribution < 1.29 is 12.8 Å². The molecule has 0 amide bonds. The van der Waals surface area contributed by atoms with E-state index in [9.17, 15) is 12.8 Å². The molecule has 1 aromatic heterocycles. The molecule has 0 aliphatic heterocycles. The number of nitrogens with one attached hydrogen (secondary N) is 1. The first kappa shape index (κ1) is 15.0. The van der Waals surface area contributed by atoms with E-state index >= 15 is 0 Å². The second-order valence-electron chi connectivity index (χ2n) is 4.42. The molecule has 0 aliphatic rings. The minimum Gasteiger partial charge on any atom is -0.351 e. The predicted octanol–water partition coefficient (Wildman–Crippen LogP) is 2.60. The molecule has 0 bridgehead atoms. The first-order chi connectivity index (χ1) is 9.31. The molecule has 1 aromatic carbocycles. The normalized spacial score (nSPS) is 11.8. The van der Waals surface area contributed by atoms with E-state index in [-0.39, 0.29) is 11.6 Å². The Morgan fingerprint density at radius 3 is 2.55 bits per heavy atom. The molecule has 2 rings (SSSR count). The summed E-state index contributed by atoms with van der Waals surface area (Å²) in [5, 5.41) is 0.152. The highest BCUT2D eigenvalue weighted by molar-refractivity contribution is 7.89. The number of aromatic nitrogens is 1. The van der Waals surface area contributed by atoms with Crippen LogP contribution in [0.5, 0.6) is 0 Å². The Morgan fingerprint density at radius 1 is 1.30 bits per heavy atom. The molecular weight excluding hydrogens is 303 g/mol. The standard InChI is InChI=1S/C13H14ClFN2O2S/c1-9-3-5-11(17(9)2)8-16-20(18,19)13-6-4-10(14)7-12(13)15/h3-7,16H,8H2,1-2H3. The molecule has 0 atom stereocenters. The zero-order valence-corrected chi connectivity index (χ0v) is 12.6. The van der Waals surface area contributed by atoms with Gasteiger partial charge in [0.25, 0.3) is 0 Å². The lowest BCUT2D eigenvalue weighted by molar-refractivity contribution is 0.555. The number of hydrogen-bond donors (Lipinski definition) is 1. The van der Waals surface area contributed by atoms with E-state index in [1.54, 1.807) is 0 Å². The Morgan fingerprint density at radius 2 is 2.00 bits per heavy atom. The van der Waals surface area contributed by atoms with Crippen molar-refractivity contribution in [1.29, 1.82) is 0 Å². The molecule has 0 aliphatic carbocycles. The van der Waals surface area contributed by atoms with Gasteiger partial charge in [0.05, 0.1) is 6.54 Å². The van der Waals surface area contributed by atoms with Gasteiger partial charge in [0.15, 0.2) is 0 Å². The van der Waals surface area contributed by atoms with Crippen molar-refractivity contribution in [3.63, 3.8) is 0 Å². The minimum absolute atomic E-state index is 0.0920. The smallest absolute Gasteiger partial charge is 0.243 e. The fourth-order valence-corrected chi connectivity index (χ4v) is 3.00. The fraction of sp³-hybridized carbons (Fsp3) is 0.231. The molecule has 0 saturated heterocycles. The molecule has 0 unspecified atom stereocenters. The van der Waals surface area contributed by atoms with Gasteiger partial charge >= 0.3 is 0 Å². The second-order valence-corrected chi connectivity index (χ2v) is 6.60. The largest absolute Gasteiger partial charge is 0.351 e. The number of nitrogens with zero attached hydrogens (tertiary/aromatic N) is 1. The Balaban J connectivity index is 2.21. The van der Waals surface area contributed by atoms with Crippen molar-refractivity contribution in [2.75, 3.05) is 0 Å². The van der Waals surface area contributed by atoms with Gasteiger partial charge in [0, 0.05) is 23.5 Å². The lowest BCUT2D eigenvalue weighted by atomic mass is 10.3. The molecule has 0 fully saturated rings. The van der Waals surface area contributed by atoms with Crippen LogP contribution in [-0.2, 0) is 23.6 Å². The third-order valence-electron chi connectivity index (χ3n) is 3.10. The number of benzene rings is 1. The lowest BCUT2D eigenvalue weighted by Crippen LogP contribution is -2.25. The summed E-state index contributed by atoms with van der Waals surface area (Å²) in [5.41, 5.74) is 1.80. The number of hydrogen-bond acceptors (Lipinski definition) is 2. The van der Waals surface area contributed by atoms with Gasteiger partial charge in [-0.15, -0.1) is 0 Å². The van der Waals surface area contributed by atoms with E-state index in [0.29, 0.717) is 0 Å². The summed E-state index contributed by atoms with van der Waals surface area (Å²) in [6, 6.07) is 7.16. The lowest BCUT2D eigenvalue weighted by Gasteiger charge is -2.09. The van der Waals surface area contributed by atoms with Gasteiger partial charge in [0.2, 0.25) is 10.0 Å².